The van der Waals surface area contributed by atoms with Gasteiger partial charge in [0, 0.05) is 6.04 Å². The Kier molecular flexibility index (Phi) is 3.06. The average Bonchev–Trinajstić information content (AvgIpc) is 2.90. The minimum atomic E-state index is 0.817. The maximum absolute atomic E-state index is 3.86. The van der Waals surface area contributed by atoms with Crippen molar-refractivity contribution in [2.24, 2.45) is 23.7 Å². The lowest BCUT2D eigenvalue weighted by Crippen LogP contribution is -2.40. The van der Waals surface area contributed by atoms with Gasteiger partial charge in [-0.1, -0.05) is 31.9 Å². The largest absolute Gasteiger partial charge is 0.313 e. The number of rotatable bonds is 3. The molecule has 16 heavy (non-hydrogen) atoms. The maximum atomic E-state index is 3.86. The third-order valence-corrected chi connectivity index (χ3v) is 5.17. The van der Waals surface area contributed by atoms with Crippen LogP contribution < -0.4 is 5.32 Å². The lowest BCUT2D eigenvalue weighted by molar-refractivity contribution is 0.260. The smallest absolute Gasteiger partial charge is 0.00928 e. The highest BCUT2D eigenvalue weighted by Crippen LogP contribution is 2.43. The first-order valence-electron chi connectivity index (χ1n) is 7.24. The van der Waals surface area contributed by atoms with Crippen LogP contribution >= 0.6 is 0 Å². The van der Waals surface area contributed by atoms with Crippen molar-refractivity contribution in [1.82, 2.24) is 5.32 Å². The van der Waals surface area contributed by atoms with Crippen LogP contribution in [0.5, 0.6) is 0 Å². The van der Waals surface area contributed by atoms with Crippen molar-refractivity contribution in [3.63, 3.8) is 0 Å². The molecule has 3 aliphatic carbocycles. The van der Waals surface area contributed by atoms with E-state index in [0.717, 1.165) is 29.7 Å². The molecule has 0 spiro atoms. The Morgan fingerprint density at radius 3 is 2.69 bits per heavy atom. The molecule has 5 unspecified atom stereocenters. The van der Waals surface area contributed by atoms with Gasteiger partial charge in [0.1, 0.15) is 0 Å². The molecule has 2 bridgehead atoms. The molecule has 1 nitrogen and oxygen atoms in total. The van der Waals surface area contributed by atoms with Gasteiger partial charge >= 0.3 is 0 Å². The molecule has 0 aliphatic heterocycles. The summed E-state index contributed by atoms with van der Waals surface area (Å²) in [6.45, 7) is 3.71. The number of fused-ring (bicyclic) bond motifs is 2. The summed E-state index contributed by atoms with van der Waals surface area (Å²) in [6.07, 6.45) is 13.6. The van der Waals surface area contributed by atoms with Crippen LogP contribution in [0.3, 0.4) is 0 Å². The lowest BCUT2D eigenvalue weighted by Gasteiger charge is -2.31. The summed E-state index contributed by atoms with van der Waals surface area (Å²) in [5, 5.41) is 3.86. The molecule has 3 rings (SSSR count). The standard InChI is InChI=1S/C15H25N/c1-11-4-2-3-5-15(11)16-10-14-9-12-6-7-13(14)8-12/h6-7,11-16H,2-5,8-10H2,1H3. The van der Waals surface area contributed by atoms with Gasteiger partial charge in [-0.05, 0) is 55.9 Å². The Labute approximate surface area is 99.7 Å². The van der Waals surface area contributed by atoms with Crippen LogP contribution in [-0.2, 0) is 0 Å². The molecule has 0 aromatic rings. The quantitative estimate of drug-likeness (QED) is 0.718. The third kappa shape index (κ3) is 2.07. The summed E-state index contributed by atoms with van der Waals surface area (Å²) in [4.78, 5) is 0. The lowest BCUT2D eigenvalue weighted by atomic mass is 9.85. The molecule has 90 valence electrons. The minimum absolute atomic E-state index is 0.817. The van der Waals surface area contributed by atoms with E-state index in [1.807, 2.05) is 0 Å². The Morgan fingerprint density at radius 2 is 2.00 bits per heavy atom. The summed E-state index contributed by atoms with van der Waals surface area (Å²) >= 11 is 0. The van der Waals surface area contributed by atoms with Gasteiger partial charge in [0.15, 0.2) is 0 Å². The molecule has 0 saturated heterocycles. The second kappa shape index (κ2) is 4.52. The second-order valence-corrected chi connectivity index (χ2v) is 6.32. The van der Waals surface area contributed by atoms with Crippen LogP contribution in [0.15, 0.2) is 12.2 Å². The molecule has 2 saturated carbocycles. The number of hydrogen-bond acceptors (Lipinski definition) is 1. The Bertz CT molecular complexity index is 271. The highest BCUT2D eigenvalue weighted by Gasteiger charge is 2.35. The SMILES string of the molecule is CC1CCCCC1NCC1CC2C=CC1C2. The Morgan fingerprint density at radius 1 is 1.12 bits per heavy atom. The molecular formula is C15H25N. The van der Waals surface area contributed by atoms with E-state index in [-0.39, 0.29) is 0 Å². The fourth-order valence-corrected chi connectivity index (χ4v) is 4.05. The van der Waals surface area contributed by atoms with Crippen molar-refractivity contribution in [2.45, 2.75) is 51.5 Å². The highest BCUT2D eigenvalue weighted by molar-refractivity contribution is 5.10. The first-order valence-corrected chi connectivity index (χ1v) is 7.24. The molecule has 3 aliphatic rings. The first kappa shape index (κ1) is 10.8. The van der Waals surface area contributed by atoms with Crippen LogP contribution in [0, 0.1) is 23.7 Å². The van der Waals surface area contributed by atoms with Crippen LogP contribution in [0.1, 0.15) is 45.4 Å². The van der Waals surface area contributed by atoms with Crippen molar-refractivity contribution < 1.29 is 0 Å². The molecule has 2 fully saturated rings. The van der Waals surface area contributed by atoms with E-state index in [1.165, 1.54) is 45.1 Å². The van der Waals surface area contributed by atoms with E-state index >= 15 is 0 Å². The zero-order valence-electron chi connectivity index (χ0n) is 10.5. The summed E-state index contributed by atoms with van der Waals surface area (Å²) in [5.41, 5.74) is 0. The van der Waals surface area contributed by atoms with E-state index in [4.69, 9.17) is 0 Å². The second-order valence-electron chi connectivity index (χ2n) is 6.32. The Hall–Kier alpha value is -0.300. The van der Waals surface area contributed by atoms with Crippen molar-refractivity contribution in [1.29, 1.82) is 0 Å². The van der Waals surface area contributed by atoms with Gasteiger partial charge in [-0.3, -0.25) is 0 Å². The van der Waals surface area contributed by atoms with E-state index in [2.05, 4.69) is 24.4 Å². The number of nitrogens with one attached hydrogen (secondary N) is 1. The number of allylic oxidation sites excluding steroid dienone is 2. The van der Waals surface area contributed by atoms with E-state index in [9.17, 15) is 0 Å². The molecular weight excluding hydrogens is 194 g/mol. The molecule has 5 atom stereocenters. The van der Waals surface area contributed by atoms with Crippen molar-refractivity contribution in [3.05, 3.63) is 12.2 Å². The van der Waals surface area contributed by atoms with E-state index < -0.39 is 0 Å². The molecule has 1 N–H and O–H groups in total. The van der Waals surface area contributed by atoms with Crippen LogP contribution in [0.4, 0.5) is 0 Å². The molecule has 0 amide bonds. The fraction of sp³-hybridized carbons (Fsp3) is 0.867. The fourth-order valence-electron chi connectivity index (χ4n) is 4.05. The first-order chi connectivity index (χ1) is 7.83. The Balaban J connectivity index is 1.47. The third-order valence-electron chi connectivity index (χ3n) is 5.17. The van der Waals surface area contributed by atoms with Crippen molar-refractivity contribution in [3.8, 4) is 0 Å². The van der Waals surface area contributed by atoms with Gasteiger partial charge < -0.3 is 5.32 Å². The van der Waals surface area contributed by atoms with Gasteiger partial charge in [0.25, 0.3) is 0 Å². The summed E-state index contributed by atoms with van der Waals surface area (Å²) in [7, 11) is 0. The summed E-state index contributed by atoms with van der Waals surface area (Å²) in [6, 6.07) is 0.817. The average molecular weight is 219 g/mol. The normalized spacial score (nSPS) is 46.4. The molecule has 0 heterocycles. The van der Waals surface area contributed by atoms with Gasteiger partial charge in [0.05, 0.1) is 0 Å². The zero-order chi connectivity index (χ0) is 11.0. The maximum Gasteiger partial charge on any atom is 0.00928 e. The van der Waals surface area contributed by atoms with Crippen molar-refractivity contribution in [2.75, 3.05) is 6.54 Å². The number of hydrogen-bond donors (Lipinski definition) is 1. The summed E-state index contributed by atoms with van der Waals surface area (Å²) < 4.78 is 0. The monoisotopic (exact) mass is 219 g/mol. The van der Waals surface area contributed by atoms with Gasteiger partial charge in [-0.15, -0.1) is 0 Å². The van der Waals surface area contributed by atoms with E-state index in [1.54, 1.807) is 0 Å². The zero-order valence-corrected chi connectivity index (χ0v) is 10.5. The molecule has 0 radical (unpaired) electrons. The van der Waals surface area contributed by atoms with Gasteiger partial charge in [-0.2, -0.15) is 0 Å². The predicted molar refractivity (Wildman–Crippen MR) is 68.3 cm³/mol. The van der Waals surface area contributed by atoms with E-state index in [0.29, 0.717) is 0 Å². The summed E-state index contributed by atoms with van der Waals surface area (Å²) in [5.74, 6) is 3.70. The molecule has 1 heteroatoms. The van der Waals surface area contributed by atoms with Crippen LogP contribution in [0.25, 0.3) is 0 Å². The van der Waals surface area contributed by atoms with Crippen LogP contribution in [-0.4, -0.2) is 12.6 Å². The van der Waals surface area contributed by atoms with Crippen molar-refractivity contribution >= 4 is 0 Å². The van der Waals surface area contributed by atoms with Gasteiger partial charge in [-0.25, -0.2) is 0 Å². The van der Waals surface area contributed by atoms with Gasteiger partial charge in [0.2, 0.25) is 0 Å². The predicted octanol–water partition coefficient (Wildman–Crippen LogP) is 3.37. The highest BCUT2D eigenvalue weighted by atomic mass is 14.9. The topological polar surface area (TPSA) is 12.0 Å². The molecule has 0 aromatic carbocycles. The molecule has 0 aromatic heterocycles. The minimum Gasteiger partial charge on any atom is -0.313 e. The van der Waals surface area contributed by atoms with Crippen LogP contribution in [0.2, 0.25) is 0 Å².